The van der Waals surface area contributed by atoms with Gasteiger partial charge in [-0.2, -0.15) is 0 Å². The van der Waals surface area contributed by atoms with Crippen LogP contribution in [0.25, 0.3) is 0 Å². The fourth-order valence-electron chi connectivity index (χ4n) is 1.60. The van der Waals surface area contributed by atoms with Crippen LogP contribution in [0.4, 0.5) is 4.39 Å². The van der Waals surface area contributed by atoms with Gasteiger partial charge in [0.25, 0.3) is 0 Å². The third kappa shape index (κ3) is 3.96. The first-order valence-electron chi connectivity index (χ1n) is 6.09. The van der Waals surface area contributed by atoms with Gasteiger partial charge in [0.1, 0.15) is 19.0 Å². The van der Waals surface area contributed by atoms with Gasteiger partial charge < -0.3 is 15.2 Å². The van der Waals surface area contributed by atoms with Crippen LogP contribution < -0.4 is 15.2 Å². The van der Waals surface area contributed by atoms with E-state index in [1.807, 2.05) is 30.3 Å². The second kappa shape index (κ2) is 6.75. The molecule has 0 heterocycles. The molecule has 4 heteroatoms. The largest absolute Gasteiger partial charge is 0.492 e. The van der Waals surface area contributed by atoms with E-state index < -0.39 is 5.82 Å². The Kier molecular flexibility index (Phi) is 4.75. The lowest BCUT2D eigenvalue weighted by Crippen LogP contribution is -2.10. The summed E-state index contributed by atoms with van der Waals surface area (Å²) in [7, 11) is 0. The van der Waals surface area contributed by atoms with Gasteiger partial charge in [0.05, 0.1) is 0 Å². The molecule has 0 unspecified atom stereocenters. The Morgan fingerprint density at radius 2 is 1.79 bits per heavy atom. The van der Waals surface area contributed by atoms with E-state index in [0.29, 0.717) is 25.5 Å². The van der Waals surface area contributed by atoms with E-state index in [2.05, 4.69) is 0 Å². The topological polar surface area (TPSA) is 44.5 Å². The molecule has 2 rings (SSSR count). The highest BCUT2D eigenvalue weighted by Crippen LogP contribution is 2.23. The molecule has 2 aromatic rings. The van der Waals surface area contributed by atoms with Gasteiger partial charge in [0.15, 0.2) is 11.6 Å². The monoisotopic (exact) mass is 261 g/mol. The van der Waals surface area contributed by atoms with Crippen molar-refractivity contribution in [1.82, 2.24) is 0 Å². The molecule has 2 aromatic carbocycles. The standard InChI is InChI=1S/C15H16FNO2/c16-14-10-13(18-9-8-17)6-7-15(14)19-11-12-4-2-1-3-5-12/h1-7,10H,8-9,11,17H2. The number of hydrogen-bond acceptors (Lipinski definition) is 3. The highest BCUT2D eigenvalue weighted by molar-refractivity contribution is 5.33. The van der Waals surface area contributed by atoms with Crippen molar-refractivity contribution in [3.8, 4) is 11.5 Å². The van der Waals surface area contributed by atoms with Crippen molar-refractivity contribution in [2.75, 3.05) is 13.2 Å². The summed E-state index contributed by atoms with van der Waals surface area (Å²) in [5.41, 5.74) is 6.30. The predicted octanol–water partition coefficient (Wildman–Crippen LogP) is 2.74. The van der Waals surface area contributed by atoms with E-state index in [0.717, 1.165) is 5.56 Å². The number of hydrogen-bond donors (Lipinski definition) is 1. The van der Waals surface area contributed by atoms with Gasteiger partial charge in [-0.15, -0.1) is 0 Å². The third-order valence-corrected chi connectivity index (χ3v) is 2.53. The summed E-state index contributed by atoms with van der Waals surface area (Å²) in [5.74, 6) is 0.226. The van der Waals surface area contributed by atoms with Crippen LogP contribution in [0.3, 0.4) is 0 Å². The summed E-state index contributed by atoms with van der Waals surface area (Å²) in [6, 6.07) is 14.1. The maximum atomic E-state index is 13.7. The average molecular weight is 261 g/mol. The van der Waals surface area contributed by atoms with E-state index in [9.17, 15) is 4.39 Å². The van der Waals surface area contributed by atoms with Crippen molar-refractivity contribution in [2.24, 2.45) is 5.73 Å². The molecule has 3 nitrogen and oxygen atoms in total. The van der Waals surface area contributed by atoms with Gasteiger partial charge in [0, 0.05) is 12.6 Å². The first kappa shape index (κ1) is 13.4. The Balaban J connectivity index is 1.97. The normalized spacial score (nSPS) is 10.2. The SMILES string of the molecule is NCCOc1ccc(OCc2ccccc2)c(F)c1. The van der Waals surface area contributed by atoms with Gasteiger partial charge in [-0.1, -0.05) is 30.3 Å². The van der Waals surface area contributed by atoms with E-state index in [4.69, 9.17) is 15.2 Å². The number of benzene rings is 2. The quantitative estimate of drug-likeness (QED) is 0.869. The first-order chi connectivity index (χ1) is 9.29. The third-order valence-electron chi connectivity index (χ3n) is 2.53. The van der Waals surface area contributed by atoms with E-state index in [1.165, 1.54) is 6.07 Å². The van der Waals surface area contributed by atoms with Crippen LogP contribution in [-0.2, 0) is 6.61 Å². The first-order valence-corrected chi connectivity index (χ1v) is 6.09. The molecule has 0 atom stereocenters. The summed E-state index contributed by atoms with van der Waals surface area (Å²) < 4.78 is 24.4. The smallest absolute Gasteiger partial charge is 0.168 e. The summed E-state index contributed by atoms with van der Waals surface area (Å²) in [5, 5.41) is 0. The lowest BCUT2D eigenvalue weighted by Gasteiger charge is -2.09. The van der Waals surface area contributed by atoms with Crippen LogP contribution in [0.5, 0.6) is 11.5 Å². The molecule has 2 N–H and O–H groups in total. The zero-order valence-corrected chi connectivity index (χ0v) is 10.5. The molecule has 100 valence electrons. The minimum Gasteiger partial charge on any atom is -0.492 e. The van der Waals surface area contributed by atoms with Gasteiger partial charge in [-0.25, -0.2) is 4.39 Å². The Morgan fingerprint density at radius 3 is 2.47 bits per heavy atom. The highest BCUT2D eigenvalue weighted by Gasteiger charge is 2.05. The van der Waals surface area contributed by atoms with E-state index in [1.54, 1.807) is 12.1 Å². The summed E-state index contributed by atoms with van der Waals surface area (Å²) in [6.45, 7) is 1.10. The van der Waals surface area contributed by atoms with Crippen LogP contribution >= 0.6 is 0 Å². The van der Waals surface area contributed by atoms with Crippen molar-refractivity contribution in [2.45, 2.75) is 6.61 Å². The van der Waals surface area contributed by atoms with Gasteiger partial charge in [-0.05, 0) is 17.7 Å². The number of ether oxygens (including phenoxy) is 2. The fourth-order valence-corrected chi connectivity index (χ4v) is 1.60. The molecular formula is C15H16FNO2. The fraction of sp³-hybridized carbons (Fsp3) is 0.200. The number of halogens is 1. The lowest BCUT2D eigenvalue weighted by atomic mass is 10.2. The molecule has 0 aliphatic rings. The van der Waals surface area contributed by atoms with Crippen LogP contribution in [0.2, 0.25) is 0 Å². The minimum absolute atomic E-state index is 0.212. The van der Waals surface area contributed by atoms with Crippen LogP contribution in [-0.4, -0.2) is 13.2 Å². The second-order valence-electron chi connectivity index (χ2n) is 4.00. The minimum atomic E-state index is -0.439. The Morgan fingerprint density at radius 1 is 1.00 bits per heavy atom. The van der Waals surface area contributed by atoms with Gasteiger partial charge in [0.2, 0.25) is 0 Å². The van der Waals surface area contributed by atoms with Crippen molar-refractivity contribution in [3.05, 3.63) is 59.9 Å². The second-order valence-corrected chi connectivity index (χ2v) is 4.00. The van der Waals surface area contributed by atoms with Crippen LogP contribution in [0.1, 0.15) is 5.56 Å². The van der Waals surface area contributed by atoms with E-state index in [-0.39, 0.29) is 5.75 Å². The molecule has 0 amide bonds. The summed E-state index contributed by atoms with van der Waals surface area (Å²) >= 11 is 0. The molecule has 0 saturated carbocycles. The molecule has 0 bridgehead atoms. The average Bonchev–Trinajstić information content (AvgIpc) is 2.45. The highest BCUT2D eigenvalue weighted by atomic mass is 19.1. The number of rotatable bonds is 6. The molecule has 0 aromatic heterocycles. The predicted molar refractivity (Wildman–Crippen MR) is 71.7 cm³/mol. The van der Waals surface area contributed by atoms with Crippen molar-refractivity contribution < 1.29 is 13.9 Å². The maximum Gasteiger partial charge on any atom is 0.168 e. The van der Waals surface area contributed by atoms with Gasteiger partial charge in [-0.3, -0.25) is 0 Å². The molecule has 0 saturated heterocycles. The zero-order chi connectivity index (χ0) is 13.5. The summed E-state index contributed by atoms with van der Waals surface area (Å²) in [4.78, 5) is 0. The van der Waals surface area contributed by atoms with Crippen molar-refractivity contribution in [1.29, 1.82) is 0 Å². The van der Waals surface area contributed by atoms with Crippen molar-refractivity contribution >= 4 is 0 Å². The lowest BCUT2D eigenvalue weighted by molar-refractivity contribution is 0.286. The molecule has 19 heavy (non-hydrogen) atoms. The van der Waals surface area contributed by atoms with Crippen LogP contribution in [0.15, 0.2) is 48.5 Å². The molecule has 0 aliphatic heterocycles. The van der Waals surface area contributed by atoms with E-state index >= 15 is 0 Å². The molecule has 0 radical (unpaired) electrons. The summed E-state index contributed by atoms with van der Waals surface area (Å²) in [6.07, 6.45) is 0. The maximum absolute atomic E-state index is 13.7. The Hall–Kier alpha value is -2.07. The molecular weight excluding hydrogens is 245 g/mol. The number of nitrogens with two attached hydrogens (primary N) is 1. The molecule has 0 aliphatic carbocycles. The Labute approximate surface area is 111 Å². The molecule has 0 spiro atoms. The van der Waals surface area contributed by atoms with Gasteiger partial charge >= 0.3 is 0 Å². The zero-order valence-electron chi connectivity index (χ0n) is 10.5. The Bertz CT molecular complexity index is 517. The van der Waals surface area contributed by atoms with Crippen molar-refractivity contribution in [3.63, 3.8) is 0 Å². The van der Waals surface area contributed by atoms with Crippen LogP contribution in [0, 0.1) is 5.82 Å². The molecule has 0 fully saturated rings.